The Morgan fingerprint density at radius 3 is 3.00 bits per heavy atom. The Kier molecular flexibility index (Phi) is 4.92. The molecule has 2 rings (SSSR count). The van der Waals surface area contributed by atoms with Crippen LogP contribution in [0.3, 0.4) is 0 Å². The zero-order valence-electron chi connectivity index (χ0n) is 9.03. The van der Waals surface area contributed by atoms with Gasteiger partial charge in [-0.1, -0.05) is 12.1 Å². The van der Waals surface area contributed by atoms with E-state index in [2.05, 4.69) is 24.4 Å². The van der Waals surface area contributed by atoms with Crippen LogP contribution in [0, 0.1) is 12.8 Å². The van der Waals surface area contributed by atoms with Crippen molar-refractivity contribution in [3.05, 3.63) is 29.8 Å². The van der Waals surface area contributed by atoms with Gasteiger partial charge in [0.1, 0.15) is 5.75 Å². The molecule has 2 nitrogen and oxygen atoms in total. The molecule has 0 bridgehead atoms. The van der Waals surface area contributed by atoms with E-state index in [1.807, 2.05) is 12.1 Å². The summed E-state index contributed by atoms with van der Waals surface area (Å²) in [6.45, 7) is 5.17. The number of aryl methyl sites for hydroxylation is 1. The van der Waals surface area contributed by atoms with E-state index in [1.54, 1.807) is 0 Å². The van der Waals surface area contributed by atoms with E-state index in [0.29, 0.717) is 5.92 Å². The zero-order valence-corrected chi connectivity index (χ0v) is 9.85. The Morgan fingerprint density at radius 1 is 1.47 bits per heavy atom. The number of benzene rings is 1. The first-order valence-electron chi connectivity index (χ1n) is 5.25. The molecular formula is C12H18ClNO. The first-order chi connectivity index (χ1) is 6.84. The molecule has 1 aromatic carbocycles. The van der Waals surface area contributed by atoms with Crippen LogP contribution in [0.5, 0.6) is 5.75 Å². The molecule has 3 heteroatoms. The lowest BCUT2D eigenvalue weighted by molar-refractivity contribution is 0.260. The molecule has 84 valence electrons. The molecule has 1 aromatic rings. The first kappa shape index (κ1) is 12.3. The molecule has 15 heavy (non-hydrogen) atoms. The highest BCUT2D eigenvalue weighted by molar-refractivity contribution is 5.85. The number of ether oxygens (including phenoxy) is 1. The van der Waals surface area contributed by atoms with E-state index in [4.69, 9.17) is 4.74 Å². The molecule has 0 spiro atoms. The third kappa shape index (κ3) is 3.73. The van der Waals surface area contributed by atoms with Gasteiger partial charge in [0.2, 0.25) is 0 Å². The SMILES string of the molecule is Cc1cccc(OC[C@H]2CCNC2)c1.Cl. The Balaban J connectivity index is 0.00000112. The number of rotatable bonds is 3. The zero-order chi connectivity index (χ0) is 9.80. The minimum absolute atomic E-state index is 0. The summed E-state index contributed by atoms with van der Waals surface area (Å²) >= 11 is 0. The molecule has 0 aliphatic carbocycles. The van der Waals surface area contributed by atoms with Gasteiger partial charge in [0.05, 0.1) is 6.61 Å². The summed E-state index contributed by atoms with van der Waals surface area (Å²) in [6, 6.07) is 8.24. The fourth-order valence-corrected chi connectivity index (χ4v) is 1.78. The van der Waals surface area contributed by atoms with Crippen molar-refractivity contribution in [3.8, 4) is 5.75 Å². The lowest BCUT2D eigenvalue weighted by Gasteiger charge is -2.10. The number of hydrogen-bond acceptors (Lipinski definition) is 2. The Bertz CT molecular complexity index is 297. The van der Waals surface area contributed by atoms with Gasteiger partial charge in [0.15, 0.2) is 0 Å². The number of nitrogens with one attached hydrogen (secondary N) is 1. The summed E-state index contributed by atoms with van der Waals surface area (Å²) in [5.41, 5.74) is 1.26. The van der Waals surface area contributed by atoms with Crippen molar-refractivity contribution < 1.29 is 4.74 Å². The van der Waals surface area contributed by atoms with Crippen molar-refractivity contribution in [1.29, 1.82) is 0 Å². The van der Waals surface area contributed by atoms with Crippen LogP contribution in [-0.2, 0) is 0 Å². The maximum atomic E-state index is 5.73. The van der Waals surface area contributed by atoms with Crippen LogP contribution < -0.4 is 10.1 Å². The lowest BCUT2D eigenvalue weighted by atomic mass is 10.1. The third-order valence-corrected chi connectivity index (χ3v) is 2.64. The van der Waals surface area contributed by atoms with Crippen LogP contribution in [-0.4, -0.2) is 19.7 Å². The van der Waals surface area contributed by atoms with Gasteiger partial charge in [0, 0.05) is 12.5 Å². The van der Waals surface area contributed by atoms with Crippen molar-refractivity contribution in [1.82, 2.24) is 5.32 Å². The molecule has 0 unspecified atom stereocenters. The molecule has 0 saturated carbocycles. The topological polar surface area (TPSA) is 21.3 Å². The standard InChI is InChI=1S/C12H17NO.ClH/c1-10-3-2-4-12(7-10)14-9-11-5-6-13-8-11;/h2-4,7,11,13H,5-6,8-9H2,1H3;1H/t11-;/m0./s1. The summed E-state index contributed by atoms with van der Waals surface area (Å²) in [5.74, 6) is 1.69. The van der Waals surface area contributed by atoms with E-state index in [1.165, 1.54) is 12.0 Å². The van der Waals surface area contributed by atoms with Gasteiger partial charge in [-0.15, -0.1) is 12.4 Å². The maximum Gasteiger partial charge on any atom is 0.119 e. The van der Waals surface area contributed by atoms with E-state index < -0.39 is 0 Å². The predicted molar refractivity (Wildman–Crippen MR) is 64.9 cm³/mol. The largest absolute Gasteiger partial charge is 0.493 e. The Morgan fingerprint density at radius 2 is 2.33 bits per heavy atom. The normalized spacial score (nSPS) is 19.7. The van der Waals surface area contributed by atoms with Gasteiger partial charge >= 0.3 is 0 Å². The number of hydrogen-bond donors (Lipinski definition) is 1. The van der Waals surface area contributed by atoms with Crippen LogP contribution in [0.1, 0.15) is 12.0 Å². The molecule has 1 fully saturated rings. The molecule has 0 aromatic heterocycles. The molecule has 0 amide bonds. The fourth-order valence-electron chi connectivity index (χ4n) is 1.78. The fraction of sp³-hybridized carbons (Fsp3) is 0.500. The van der Waals surface area contributed by atoms with Crippen molar-refractivity contribution >= 4 is 12.4 Å². The summed E-state index contributed by atoms with van der Waals surface area (Å²) < 4.78 is 5.73. The summed E-state index contributed by atoms with van der Waals surface area (Å²) in [4.78, 5) is 0. The van der Waals surface area contributed by atoms with Gasteiger partial charge in [-0.25, -0.2) is 0 Å². The molecular weight excluding hydrogens is 210 g/mol. The van der Waals surface area contributed by atoms with E-state index in [-0.39, 0.29) is 12.4 Å². The van der Waals surface area contributed by atoms with E-state index in [0.717, 1.165) is 25.4 Å². The van der Waals surface area contributed by atoms with Crippen molar-refractivity contribution in [2.45, 2.75) is 13.3 Å². The van der Waals surface area contributed by atoms with E-state index in [9.17, 15) is 0 Å². The third-order valence-electron chi connectivity index (χ3n) is 2.64. The van der Waals surface area contributed by atoms with Gasteiger partial charge < -0.3 is 10.1 Å². The molecule has 1 atom stereocenters. The Hall–Kier alpha value is -0.730. The quantitative estimate of drug-likeness (QED) is 0.857. The second-order valence-electron chi connectivity index (χ2n) is 3.99. The van der Waals surface area contributed by atoms with Crippen LogP contribution in [0.2, 0.25) is 0 Å². The van der Waals surface area contributed by atoms with Gasteiger partial charge in [-0.3, -0.25) is 0 Å². The molecule has 1 aliphatic heterocycles. The highest BCUT2D eigenvalue weighted by Crippen LogP contribution is 2.15. The van der Waals surface area contributed by atoms with Crippen LogP contribution in [0.25, 0.3) is 0 Å². The minimum atomic E-state index is 0. The summed E-state index contributed by atoms with van der Waals surface area (Å²) in [5, 5.41) is 3.34. The second kappa shape index (κ2) is 5.99. The highest BCUT2D eigenvalue weighted by atomic mass is 35.5. The monoisotopic (exact) mass is 227 g/mol. The molecule has 1 saturated heterocycles. The lowest BCUT2D eigenvalue weighted by Crippen LogP contribution is -2.15. The number of halogens is 1. The van der Waals surface area contributed by atoms with Gasteiger partial charge in [-0.2, -0.15) is 0 Å². The van der Waals surface area contributed by atoms with Crippen molar-refractivity contribution in [2.75, 3.05) is 19.7 Å². The predicted octanol–water partition coefficient (Wildman–Crippen LogP) is 2.41. The smallest absolute Gasteiger partial charge is 0.119 e. The average Bonchev–Trinajstić information content (AvgIpc) is 2.67. The summed E-state index contributed by atoms with van der Waals surface area (Å²) in [7, 11) is 0. The summed E-state index contributed by atoms with van der Waals surface area (Å²) in [6.07, 6.45) is 1.24. The first-order valence-corrected chi connectivity index (χ1v) is 5.25. The average molecular weight is 228 g/mol. The molecule has 0 radical (unpaired) electrons. The molecule has 1 heterocycles. The Labute approximate surface area is 97.4 Å². The van der Waals surface area contributed by atoms with Crippen molar-refractivity contribution in [2.24, 2.45) is 5.92 Å². The minimum Gasteiger partial charge on any atom is -0.493 e. The van der Waals surface area contributed by atoms with Gasteiger partial charge in [-0.05, 0) is 37.6 Å². The maximum absolute atomic E-state index is 5.73. The van der Waals surface area contributed by atoms with Gasteiger partial charge in [0.25, 0.3) is 0 Å². The van der Waals surface area contributed by atoms with Crippen molar-refractivity contribution in [3.63, 3.8) is 0 Å². The highest BCUT2D eigenvalue weighted by Gasteiger charge is 2.14. The molecule has 1 aliphatic rings. The van der Waals surface area contributed by atoms with Crippen LogP contribution in [0.15, 0.2) is 24.3 Å². The van der Waals surface area contributed by atoms with E-state index >= 15 is 0 Å². The second-order valence-corrected chi connectivity index (χ2v) is 3.99. The molecule has 1 N–H and O–H groups in total. The van der Waals surface area contributed by atoms with Crippen LogP contribution in [0.4, 0.5) is 0 Å². The van der Waals surface area contributed by atoms with Crippen LogP contribution >= 0.6 is 12.4 Å².